The number of piperidine rings is 1. The number of sulfone groups is 1. The van der Waals surface area contributed by atoms with Crippen LogP contribution in [-0.4, -0.2) is 69.8 Å². The van der Waals surface area contributed by atoms with Gasteiger partial charge in [-0.1, -0.05) is 5.10 Å². The first-order valence-electron chi connectivity index (χ1n) is 11.5. The number of rotatable bonds is 6. The van der Waals surface area contributed by atoms with E-state index in [1.165, 1.54) is 28.6 Å². The fraction of sp³-hybridized carbons (Fsp3) is 0.348. The Morgan fingerprint density at radius 2 is 1.57 bits per heavy atom. The SMILES string of the molecule is CS(=O)(=O)c1ccc(S(=O)(=O)N2CCC(C(=O)Nc3nnc(-c4ccc5c(c4)OCCO5)o3)CC2)cc1. The van der Waals surface area contributed by atoms with Crippen LogP contribution in [-0.2, 0) is 24.7 Å². The molecule has 1 aromatic heterocycles. The van der Waals surface area contributed by atoms with E-state index in [1.807, 2.05) is 0 Å². The minimum absolute atomic E-state index is 0.000307. The molecule has 1 amide bonds. The number of fused-ring (bicyclic) bond motifs is 1. The van der Waals surface area contributed by atoms with Crippen molar-refractivity contribution in [1.29, 1.82) is 0 Å². The molecule has 0 spiro atoms. The van der Waals surface area contributed by atoms with Gasteiger partial charge in [0.2, 0.25) is 21.8 Å². The molecule has 196 valence electrons. The summed E-state index contributed by atoms with van der Waals surface area (Å²) in [5.41, 5.74) is 0.611. The third-order valence-corrected chi connectivity index (χ3v) is 9.20. The van der Waals surface area contributed by atoms with Gasteiger partial charge in [0.05, 0.1) is 9.79 Å². The van der Waals surface area contributed by atoms with E-state index >= 15 is 0 Å². The van der Waals surface area contributed by atoms with Gasteiger partial charge in [-0.25, -0.2) is 16.8 Å². The molecule has 0 saturated carbocycles. The fourth-order valence-electron chi connectivity index (χ4n) is 4.14. The summed E-state index contributed by atoms with van der Waals surface area (Å²) in [6.45, 7) is 1.20. The van der Waals surface area contributed by atoms with Crippen LogP contribution in [0.15, 0.2) is 56.7 Å². The van der Waals surface area contributed by atoms with Gasteiger partial charge >= 0.3 is 6.01 Å². The molecule has 2 aliphatic rings. The molecule has 2 aromatic carbocycles. The maximum absolute atomic E-state index is 13.0. The molecule has 1 N–H and O–H groups in total. The van der Waals surface area contributed by atoms with Crippen molar-refractivity contribution < 1.29 is 35.5 Å². The second kappa shape index (κ2) is 9.76. The number of hydrogen-bond donors (Lipinski definition) is 1. The van der Waals surface area contributed by atoms with Crippen LogP contribution < -0.4 is 14.8 Å². The predicted molar refractivity (Wildman–Crippen MR) is 130 cm³/mol. The van der Waals surface area contributed by atoms with Gasteiger partial charge in [0.1, 0.15) is 13.2 Å². The first-order valence-corrected chi connectivity index (χ1v) is 14.8. The highest BCUT2D eigenvalue weighted by molar-refractivity contribution is 7.90. The molecule has 1 saturated heterocycles. The Labute approximate surface area is 213 Å². The van der Waals surface area contributed by atoms with E-state index in [0.717, 1.165) is 6.26 Å². The highest BCUT2D eigenvalue weighted by Crippen LogP contribution is 2.34. The second-order valence-corrected chi connectivity index (χ2v) is 12.6. The summed E-state index contributed by atoms with van der Waals surface area (Å²) < 4.78 is 67.1. The molecular formula is C23H24N4O8S2. The van der Waals surface area contributed by atoms with Crippen molar-refractivity contribution in [3.05, 3.63) is 42.5 Å². The average Bonchev–Trinajstić information content (AvgIpc) is 3.36. The lowest BCUT2D eigenvalue weighted by Crippen LogP contribution is -2.41. The summed E-state index contributed by atoms with van der Waals surface area (Å²) in [4.78, 5) is 12.8. The molecule has 3 heterocycles. The number of anilines is 1. The summed E-state index contributed by atoms with van der Waals surface area (Å²) in [6.07, 6.45) is 1.66. The van der Waals surface area contributed by atoms with Gasteiger partial charge in [-0.2, -0.15) is 4.31 Å². The summed E-state index contributed by atoms with van der Waals surface area (Å²) >= 11 is 0. The predicted octanol–water partition coefficient (Wildman–Crippen LogP) is 1.95. The first-order chi connectivity index (χ1) is 17.6. The average molecular weight is 549 g/mol. The van der Waals surface area contributed by atoms with Crippen LogP contribution in [0.1, 0.15) is 12.8 Å². The number of ether oxygens (including phenoxy) is 2. The van der Waals surface area contributed by atoms with Crippen molar-refractivity contribution in [3.8, 4) is 23.0 Å². The molecule has 0 radical (unpaired) electrons. The van der Waals surface area contributed by atoms with Crippen LogP contribution in [0.2, 0.25) is 0 Å². The quantitative estimate of drug-likeness (QED) is 0.483. The minimum atomic E-state index is -3.82. The van der Waals surface area contributed by atoms with Crippen LogP contribution in [0.4, 0.5) is 6.01 Å². The number of amides is 1. The van der Waals surface area contributed by atoms with Gasteiger partial charge < -0.3 is 13.9 Å². The number of hydrogen-bond acceptors (Lipinski definition) is 10. The summed E-state index contributed by atoms with van der Waals surface area (Å²) in [6, 6.07) is 10.2. The van der Waals surface area contributed by atoms with Gasteiger partial charge in [-0.15, -0.1) is 5.10 Å². The van der Waals surface area contributed by atoms with E-state index < -0.39 is 25.8 Å². The topological polar surface area (TPSA) is 158 Å². The van der Waals surface area contributed by atoms with E-state index in [-0.39, 0.29) is 40.7 Å². The van der Waals surface area contributed by atoms with Crippen molar-refractivity contribution in [3.63, 3.8) is 0 Å². The molecule has 1 fully saturated rings. The van der Waals surface area contributed by atoms with Crippen LogP contribution in [0.5, 0.6) is 11.5 Å². The molecule has 2 aliphatic heterocycles. The monoisotopic (exact) mass is 548 g/mol. The number of sulfonamides is 1. The Morgan fingerprint density at radius 1 is 0.919 bits per heavy atom. The van der Waals surface area contributed by atoms with Crippen LogP contribution in [0, 0.1) is 5.92 Å². The molecule has 0 bridgehead atoms. The van der Waals surface area contributed by atoms with Crippen molar-refractivity contribution >= 4 is 31.8 Å². The van der Waals surface area contributed by atoms with Crippen molar-refractivity contribution in [1.82, 2.24) is 14.5 Å². The van der Waals surface area contributed by atoms with Crippen molar-refractivity contribution in [2.75, 3.05) is 37.9 Å². The van der Waals surface area contributed by atoms with Crippen LogP contribution >= 0.6 is 0 Å². The van der Waals surface area contributed by atoms with E-state index in [9.17, 15) is 21.6 Å². The maximum atomic E-state index is 13.0. The molecule has 37 heavy (non-hydrogen) atoms. The number of nitrogens with zero attached hydrogens (tertiary/aromatic N) is 3. The summed E-state index contributed by atoms with van der Waals surface area (Å²) in [7, 11) is -7.25. The second-order valence-electron chi connectivity index (χ2n) is 8.68. The molecule has 0 atom stereocenters. The highest BCUT2D eigenvalue weighted by Gasteiger charge is 2.33. The summed E-state index contributed by atoms with van der Waals surface area (Å²) in [5.74, 6) is 0.619. The number of carbonyl (C=O) groups excluding carboxylic acids is 1. The molecule has 5 rings (SSSR count). The molecule has 14 heteroatoms. The lowest BCUT2D eigenvalue weighted by Gasteiger charge is -2.30. The number of nitrogens with one attached hydrogen (secondary N) is 1. The van der Waals surface area contributed by atoms with Gasteiger partial charge in [0.15, 0.2) is 21.3 Å². The third kappa shape index (κ3) is 5.31. The fourth-order valence-corrected chi connectivity index (χ4v) is 6.24. The largest absolute Gasteiger partial charge is 0.486 e. The minimum Gasteiger partial charge on any atom is -0.486 e. The Hall–Kier alpha value is -3.49. The molecule has 0 unspecified atom stereocenters. The Balaban J connectivity index is 1.19. The maximum Gasteiger partial charge on any atom is 0.322 e. The smallest absolute Gasteiger partial charge is 0.322 e. The normalized spacial score (nSPS) is 16.9. The van der Waals surface area contributed by atoms with E-state index in [4.69, 9.17) is 13.9 Å². The zero-order valence-corrected chi connectivity index (χ0v) is 21.4. The van der Waals surface area contributed by atoms with Gasteiger partial charge in [0, 0.05) is 30.8 Å². The van der Waals surface area contributed by atoms with Crippen LogP contribution in [0.25, 0.3) is 11.5 Å². The Bertz CT molecular complexity index is 1530. The van der Waals surface area contributed by atoms with Crippen molar-refractivity contribution in [2.24, 2.45) is 5.92 Å². The van der Waals surface area contributed by atoms with E-state index in [1.54, 1.807) is 18.2 Å². The number of benzene rings is 2. The van der Waals surface area contributed by atoms with Crippen LogP contribution in [0.3, 0.4) is 0 Å². The van der Waals surface area contributed by atoms with Gasteiger partial charge in [0.25, 0.3) is 0 Å². The molecule has 0 aliphatic carbocycles. The van der Waals surface area contributed by atoms with Gasteiger partial charge in [-0.05, 0) is 55.3 Å². The van der Waals surface area contributed by atoms with E-state index in [0.29, 0.717) is 43.1 Å². The Kier molecular flexibility index (Phi) is 6.64. The first kappa shape index (κ1) is 25.2. The number of carbonyl (C=O) groups is 1. The Morgan fingerprint density at radius 3 is 2.24 bits per heavy atom. The molecule has 3 aromatic rings. The zero-order valence-electron chi connectivity index (χ0n) is 19.8. The zero-order chi connectivity index (χ0) is 26.2. The number of aromatic nitrogens is 2. The lowest BCUT2D eigenvalue weighted by molar-refractivity contribution is -0.121. The lowest BCUT2D eigenvalue weighted by atomic mass is 9.97. The molecule has 12 nitrogen and oxygen atoms in total. The third-order valence-electron chi connectivity index (χ3n) is 6.16. The standard InChI is InChI=1S/C23H24N4O8S2/c1-36(29,30)17-3-5-18(6-4-17)37(31,32)27-10-8-15(9-11-27)21(28)24-23-26-25-22(35-23)16-2-7-19-20(14-16)34-13-12-33-19/h2-7,14-15H,8-13H2,1H3,(H,24,26,28). The summed E-state index contributed by atoms with van der Waals surface area (Å²) in [5, 5.41) is 10.5. The van der Waals surface area contributed by atoms with Crippen molar-refractivity contribution in [2.45, 2.75) is 22.6 Å². The highest BCUT2D eigenvalue weighted by atomic mass is 32.2. The van der Waals surface area contributed by atoms with Gasteiger partial charge in [-0.3, -0.25) is 10.1 Å². The molecular weight excluding hydrogens is 524 g/mol. The van der Waals surface area contributed by atoms with E-state index in [2.05, 4.69) is 15.5 Å².